The largest absolute Gasteiger partial charge is 0.493 e. The van der Waals surface area contributed by atoms with Crippen molar-refractivity contribution in [3.8, 4) is 17.6 Å². The molecule has 176 valence electrons. The third kappa shape index (κ3) is 6.22. The van der Waals surface area contributed by atoms with Gasteiger partial charge in [-0.3, -0.25) is 14.9 Å². The smallest absolute Gasteiger partial charge is 0.343 e. The molecule has 9 nitrogen and oxygen atoms in total. The molecule has 0 saturated heterocycles. The fraction of sp³-hybridized carbons (Fsp3) is 0.0800. The maximum Gasteiger partial charge on any atom is 0.343 e. The molecule has 0 aliphatic heterocycles. The van der Waals surface area contributed by atoms with Crippen LogP contribution in [0.25, 0.3) is 6.08 Å². The predicted molar refractivity (Wildman–Crippen MR) is 129 cm³/mol. The lowest BCUT2D eigenvalue weighted by molar-refractivity contribution is -0.384. The van der Waals surface area contributed by atoms with Gasteiger partial charge in [-0.15, -0.1) is 0 Å². The van der Waals surface area contributed by atoms with E-state index in [2.05, 4.69) is 5.32 Å². The summed E-state index contributed by atoms with van der Waals surface area (Å²) < 4.78 is 10.7. The van der Waals surface area contributed by atoms with Crippen LogP contribution >= 0.6 is 11.6 Å². The van der Waals surface area contributed by atoms with E-state index in [4.69, 9.17) is 21.1 Å². The van der Waals surface area contributed by atoms with Crippen LogP contribution in [0.15, 0.2) is 66.2 Å². The molecule has 35 heavy (non-hydrogen) atoms. The van der Waals surface area contributed by atoms with E-state index >= 15 is 0 Å². The Balaban J connectivity index is 1.85. The van der Waals surface area contributed by atoms with Crippen LogP contribution in [0.3, 0.4) is 0 Å². The monoisotopic (exact) mass is 491 g/mol. The molecule has 0 heterocycles. The molecule has 0 aliphatic rings. The average Bonchev–Trinajstić information content (AvgIpc) is 2.84. The maximum absolute atomic E-state index is 12.6. The summed E-state index contributed by atoms with van der Waals surface area (Å²) in [4.78, 5) is 35.5. The molecule has 0 fully saturated rings. The van der Waals surface area contributed by atoms with Crippen LogP contribution in [0.2, 0.25) is 5.02 Å². The highest BCUT2D eigenvalue weighted by Gasteiger charge is 2.17. The first-order valence-corrected chi connectivity index (χ1v) is 10.4. The fourth-order valence-electron chi connectivity index (χ4n) is 2.96. The molecule has 0 aromatic heterocycles. The van der Waals surface area contributed by atoms with Gasteiger partial charge in [0.1, 0.15) is 16.7 Å². The second-order valence-corrected chi connectivity index (χ2v) is 7.62. The first-order valence-electron chi connectivity index (χ1n) is 10.1. The Morgan fingerprint density at radius 2 is 1.80 bits per heavy atom. The van der Waals surface area contributed by atoms with Crippen molar-refractivity contribution in [2.75, 3.05) is 12.4 Å². The molecule has 3 rings (SSSR count). The molecule has 0 aliphatic carbocycles. The highest BCUT2D eigenvalue weighted by Crippen LogP contribution is 2.30. The number of hydrogen-bond donors (Lipinski definition) is 1. The minimum absolute atomic E-state index is 0.0880. The van der Waals surface area contributed by atoms with Crippen molar-refractivity contribution >= 4 is 40.9 Å². The van der Waals surface area contributed by atoms with Gasteiger partial charge in [-0.1, -0.05) is 35.4 Å². The lowest BCUT2D eigenvalue weighted by atomic mass is 10.1. The Bertz CT molecular complexity index is 1380. The van der Waals surface area contributed by atoms with E-state index in [0.717, 1.165) is 11.6 Å². The fourth-order valence-corrected chi connectivity index (χ4v) is 3.14. The van der Waals surface area contributed by atoms with E-state index < -0.39 is 16.8 Å². The summed E-state index contributed by atoms with van der Waals surface area (Å²) in [6.07, 6.45) is 1.28. The number of hydrogen-bond acceptors (Lipinski definition) is 7. The Labute approximate surface area is 205 Å². The normalized spacial score (nSPS) is 10.7. The van der Waals surface area contributed by atoms with Gasteiger partial charge in [-0.25, -0.2) is 4.79 Å². The number of anilines is 1. The van der Waals surface area contributed by atoms with Crippen LogP contribution in [0.5, 0.6) is 11.5 Å². The van der Waals surface area contributed by atoms with Gasteiger partial charge in [-0.2, -0.15) is 5.26 Å². The van der Waals surface area contributed by atoms with Crippen LogP contribution in [-0.4, -0.2) is 23.9 Å². The average molecular weight is 492 g/mol. The number of aryl methyl sites for hydroxylation is 1. The van der Waals surface area contributed by atoms with E-state index in [1.165, 1.54) is 37.5 Å². The van der Waals surface area contributed by atoms with Crippen molar-refractivity contribution < 1.29 is 24.0 Å². The quantitative estimate of drug-likeness (QED) is 0.118. The topological polar surface area (TPSA) is 132 Å². The molecule has 0 radical (unpaired) electrons. The van der Waals surface area contributed by atoms with Crippen molar-refractivity contribution in [3.63, 3.8) is 0 Å². The van der Waals surface area contributed by atoms with Crippen LogP contribution in [0, 0.1) is 28.4 Å². The number of rotatable bonds is 7. The highest BCUT2D eigenvalue weighted by molar-refractivity contribution is 6.32. The van der Waals surface area contributed by atoms with Gasteiger partial charge >= 0.3 is 5.97 Å². The van der Waals surface area contributed by atoms with E-state index in [-0.39, 0.29) is 33.5 Å². The van der Waals surface area contributed by atoms with E-state index in [1.54, 1.807) is 36.4 Å². The van der Waals surface area contributed by atoms with Gasteiger partial charge in [0.25, 0.3) is 11.6 Å². The SMILES string of the molecule is COc1ccc(/C=C(\C#N)C(=O)Nc2ccc(Cl)c([N+](=O)[O-])c2)cc1OC(=O)c1ccc(C)cc1. The minimum atomic E-state index is -0.793. The molecule has 1 amide bonds. The molecule has 0 spiro atoms. The van der Waals surface area contributed by atoms with Crippen molar-refractivity contribution in [1.29, 1.82) is 5.26 Å². The highest BCUT2D eigenvalue weighted by atomic mass is 35.5. The number of nitrogens with one attached hydrogen (secondary N) is 1. The molecule has 3 aromatic carbocycles. The number of ether oxygens (including phenoxy) is 2. The van der Waals surface area contributed by atoms with E-state index in [9.17, 15) is 25.0 Å². The number of nitrogens with zero attached hydrogens (tertiary/aromatic N) is 2. The molecule has 0 bridgehead atoms. The number of halogens is 1. The van der Waals surface area contributed by atoms with Gasteiger partial charge in [0.2, 0.25) is 0 Å². The molecule has 10 heteroatoms. The molecule has 1 N–H and O–H groups in total. The predicted octanol–water partition coefficient (Wildman–Crippen LogP) is 5.33. The van der Waals surface area contributed by atoms with Gasteiger partial charge in [0.15, 0.2) is 11.5 Å². The molecule has 3 aromatic rings. The summed E-state index contributed by atoms with van der Waals surface area (Å²) in [5.74, 6) is -1.03. The van der Waals surface area contributed by atoms with Gasteiger partial charge in [0, 0.05) is 11.8 Å². The molecule has 0 unspecified atom stereocenters. The molecular weight excluding hydrogens is 474 g/mol. The third-order valence-electron chi connectivity index (χ3n) is 4.75. The lowest BCUT2D eigenvalue weighted by Gasteiger charge is -2.10. The maximum atomic E-state index is 12.6. The van der Waals surface area contributed by atoms with Crippen molar-refractivity contribution in [3.05, 3.63) is 98.1 Å². The number of carbonyl (C=O) groups is 2. The summed E-state index contributed by atoms with van der Waals surface area (Å²) in [7, 11) is 1.41. The Morgan fingerprint density at radius 1 is 1.09 bits per heavy atom. The van der Waals surface area contributed by atoms with E-state index in [1.807, 2.05) is 6.92 Å². The van der Waals surface area contributed by atoms with Crippen molar-refractivity contribution in [2.24, 2.45) is 0 Å². The Kier molecular flexibility index (Phi) is 7.81. The zero-order chi connectivity index (χ0) is 25.5. The zero-order valence-electron chi connectivity index (χ0n) is 18.6. The van der Waals surface area contributed by atoms with Gasteiger partial charge in [0.05, 0.1) is 17.6 Å². The minimum Gasteiger partial charge on any atom is -0.493 e. The summed E-state index contributed by atoms with van der Waals surface area (Å²) in [6, 6.07) is 16.9. The molecule has 0 saturated carbocycles. The molecular formula is C25H18ClN3O6. The second kappa shape index (κ2) is 11.0. The lowest BCUT2D eigenvalue weighted by Crippen LogP contribution is -2.13. The van der Waals surface area contributed by atoms with Gasteiger partial charge < -0.3 is 14.8 Å². The van der Waals surface area contributed by atoms with Crippen LogP contribution in [0.1, 0.15) is 21.5 Å². The van der Waals surface area contributed by atoms with Gasteiger partial charge in [-0.05, 0) is 55.0 Å². The third-order valence-corrected chi connectivity index (χ3v) is 5.07. The van der Waals surface area contributed by atoms with Crippen LogP contribution in [0.4, 0.5) is 11.4 Å². The van der Waals surface area contributed by atoms with Crippen molar-refractivity contribution in [1.82, 2.24) is 0 Å². The second-order valence-electron chi connectivity index (χ2n) is 7.21. The Hall–Kier alpha value is -4.68. The number of nitro benzene ring substituents is 1. The Morgan fingerprint density at radius 3 is 2.43 bits per heavy atom. The number of benzene rings is 3. The summed E-state index contributed by atoms with van der Waals surface area (Å²) in [6.45, 7) is 1.89. The molecule has 0 atom stereocenters. The van der Waals surface area contributed by atoms with Crippen LogP contribution in [-0.2, 0) is 4.79 Å². The number of amides is 1. The van der Waals surface area contributed by atoms with Crippen LogP contribution < -0.4 is 14.8 Å². The van der Waals surface area contributed by atoms with E-state index in [0.29, 0.717) is 11.1 Å². The first-order chi connectivity index (χ1) is 16.7. The summed E-state index contributed by atoms with van der Waals surface area (Å²) in [5.41, 5.74) is 1.13. The standard InChI is InChI=1S/C25H18ClN3O6/c1-15-3-6-17(7-4-15)25(31)35-23-12-16(5-10-22(23)34-2)11-18(14-27)24(30)28-19-8-9-20(26)21(13-19)29(32)33/h3-13H,1-2H3,(H,28,30)/b18-11+. The summed E-state index contributed by atoms with van der Waals surface area (Å²) >= 11 is 5.78. The van der Waals surface area contributed by atoms with Crippen molar-refractivity contribution in [2.45, 2.75) is 6.92 Å². The number of nitriles is 1. The number of carbonyl (C=O) groups excluding carboxylic acids is 2. The zero-order valence-corrected chi connectivity index (χ0v) is 19.3. The number of nitro groups is 1. The number of methoxy groups -OCH3 is 1. The number of esters is 1. The first kappa shape index (κ1) is 25.0. The summed E-state index contributed by atoms with van der Waals surface area (Å²) in [5, 5.41) is 22.9.